The molecule has 0 spiro atoms. The van der Waals surface area contributed by atoms with Gasteiger partial charge in [-0.15, -0.1) is 0 Å². The maximum Gasteiger partial charge on any atom is 0.175 e. The lowest BCUT2D eigenvalue weighted by Crippen LogP contribution is -2.03. The summed E-state index contributed by atoms with van der Waals surface area (Å²) in [7, 11) is -3.39. The van der Waals surface area contributed by atoms with E-state index in [1.54, 1.807) is 18.5 Å². The topological polar surface area (TPSA) is 59.1 Å². The number of sulfone groups is 1. The fourth-order valence-corrected chi connectivity index (χ4v) is 2.20. The largest absolute Gasteiger partial charge is 0.379 e. The molecule has 0 saturated carbocycles. The van der Waals surface area contributed by atoms with Gasteiger partial charge in [-0.3, -0.25) is 4.98 Å². The van der Waals surface area contributed by atoms with Gasteiger partial charge in [0.15, 0.2) is 9.84 Å². The number of rotatable bonds is 4. The van der Waals surface area contributed by atoms with Crippen LogP contribution >= 0.6 is 0 Å². The summed E-state index contributed by atoms with van der Waals surface area (Å²) in [5, 5.41) is 2.90. The lowest BCUT2D eigenvalue weighted by atomic mass is 10.2. The fraction of sp³-hybridized carbons (Fsp3) is 0.154. The third-order valence-corrected chi connectivity index (χ3v) is 3.68. The van der Waals surface area contributed by atoms with Crippen molar-refractivity contribution in [1.29, 1.82) is 0 Å². The predicted octanol–water partition coefficient (Wildman–Crippen LogP) is 2.24. The highest BCUT2D eigenvalue weighted by atomic mass is 32.2. The van der Waals surface area contributed by atoms with Crippen LogP contribution in [0.3, 0.4) is 0 Å². The summed E-state index contributed by atoms with van der Waals surface area (Å²) in [6.07, 6.45) is 4.38. The Balaban J connectivity index is 2.14. The minimum Gasteiger partial charge on any atom is -0.379 e. The molecule has 0 aliphatic heterocycles. The van der Waals surface area contributed by atoms with E-state index in [0.717, 1.165) is 17.9 Å². The molecular formula is C13H13FN2O2S. The average Bonchev–Trinajstić information content (AvgIpc) is 2.37. The van der Waals surface area contributed by atoms with Crippen LogP contribution in [0.15, 0.2) is 47.6 Å². The van der Waals surface area contributed by atoms with Crippen molar-refractivity contribution in [2.24, 2.45) is 0 Å². The van der Waals surface area contributed by atoms with E-state index in [9.17, 15) is 12.8 Å². The third kappa shape index (κ3) is 3.51. The molecule has 100 valence electrons. The Labute approximate surface area is 111 Å². The molecule has 2 aromatic rings. The number of anilines is 1. The van der Waals surface area contributed by atoms with Crippen molar-refractivity contribution in [2.75, 3.05) is 11.6 Å². The van der Waals surface area contributed by atoms with E-state index in [4.69, 9.17) is 0 Å². The predicted molar refractivity (Wildman–Crippen MR) is 71.1 cm³/mol. The van der Waals surface area contributed by atoms with Crippen molar-refractivity contribution in [3.05, 3.63) is 54.1 Å². The van der Waals surface area contributed by atoms with Crippen molar-refractivity contribution >= 4 is 15.5 Å². The molecule has 0 saturated heterocycles. The van der Waals surface area contributed by atoms with Gasteiger partial charge in [0.2, 0.25) is 0 Å². The first-order valence-electron chi connectivity index (χ1n) is 5.59. The van der Waals surface area contributed by atoms with E-state index in [1.807, 2.05) is 6.07 Å². The highest BCUT2D eigenvalue weighted by Gasteiger charge is 2.10. The number of pyridine rings is 1. The molecule has 2 rings (SSSR count). The Bertz CT molecular complexity index is 672. The standard InChI is InChI=1S/C13H13FN2O2S/c1-19(17,18)11-4-5-13(12(14)7-11)16-9-10-3-2-6-15-8-10/h2-8,16H,9H2,1H3. The zero-order valence-electron chi connectivity index (χ0n) is 10.3. The Morgan fingerprint density at radius 3 is 2.68 bits per heavy atom. The van der Waals surface area contributed by atoms with Crippen LogP contribution in [-0.4, -0.2) is 19.7 Å². The molecule has 6 heteroatoms. The van der Waals surface area contributed by atoms with Crippen molar-refractivity contribution in [1.82, 2.24) is 4.98 Å². The molecule has 0 amide bonds. The van der Waals surface area contributed by atoms with E-state index in [0.29, 0.717) is 6.54 Å². The molecule has 0 atom stereocenters. The second kappa shape index (κ2) is 5.36. The molecule has 0 aliphatic rings. The fourth-order valence-electron chi connectivity index (χ4n) is 1.57. The summed E-state index contributed by atoms with van der Waals surface area (Å²) >= 11 is 0. The summed E-state index contributed by atoms with van der Waals surface area (Å²) in [6, 6.07) is 7.47. The molecule has 0 bridgehead atoms. The molecule has 1 aromatic carbocycles. The second-order valence-electron chi connectivity index (χ2n) is 4.13. The lowest BCUT2D eigenvalue weighted by molar-refractivity contribution is 0.596. The highest BCUT2D eigenvalue weighted by Crippen LogP contribution is 2.19. The number of nitrogens with zero attached hydrogens (tertiary/aromatic N) is 1. The van der Waals surface area contributed by atoms with Gasteiger partial charge in [0.05, 0.1) is 10.6 Å². The SMILES string of the molecule is CS(=O)(=O)c1ccc(NCc2cccnc2)c(F)c1. The van der Waals surface area contributed by atoms with Gasteiger partial charge in [0.1, 0.15) is 5.82 Å². The van der Waals surface area contributed by atoms with Crippen molar-refractivity contribution < 1.29 is 12.8 Å². The summed E-state index contributed by atoms with van der Waals surface area (Å²) in [5.41, 5.74) is 1.17. The van der Waals surface area contributed by atoms with E-state index < -0.39 is 15.7 Å². The molecule has 0 radical (unpaired) electrons. The molecule has 0 aliphatic carbocycles. The number of halogens is 1. The number of nitrogens with one attached hydrogen (secondary N) is 1. The van der Waals surface area contributed by atoms with Crippen LogP contribution in [0.5, 0.6) is 0 Å². The van der Waals surface area contributed by atoms with Gasteiger partial charge in [-0.25, -0.2) is 12.8 Å². The molecular weight excluding hydrogens is 267 g/mol. The molecule has 1 N–H and O–H groups in total. The number of hydrogen-bond acceptors (Lipinski definition) is 4. The summed E-state index contributed by atoms with van der Waals surface area (Å²) in [4.78, 5) is 3.92. The minimum atomic E-state index is -3.39. The van der Waals surface area contributed by atoms with Gasteiger partial charge in [0, 0.05) is 25.2 Å². The smallest absolute Gasteiger partial charge is 0.175 e. The first kappa shape index (κ1) is 13.5. The second-order valence-corrected chi connectivity index (χ2v) is 6.14. The molecule has 4 nitrogen and oxygen atoms in total. The Morgan fingerprint density at radius 1 is 1.32 bits per heavy atom. The maximum absolute atomic E-state index is 13.7. The van der Waals surface area contributed by atoms with Gasteiger partial charge < -0.3 is 5.32 Å². The van der Waals surface area contributed by atoms with Crippen molar-refractivity contribution in [3.8, 4) is 0 Å². The van der Waals surface area contributed by atoms with Crippen LogP contribution in [0.2, 0.25) is 0 Å². The Kier molecular flexibility index (Phi) is 3.80. The molecule has 19 heavy (non-hydrogen) atoms. The number of benzene rings is 1. The number of hydrogen-bond donors (Lipinski definition) is 1. The summed E-state index contributed by atoms with van der Waals surface area (Å²) in [5.74, 6) is -0.591. The zero-order valence-corrected chi connectivity index (χ0v) is 11.1. The van der Waals surface area contributed by atoms with Crippen molar-refractivity contribution in [3.63, 3.8) is 0 Å². The Morgan fingerprint density at radius 2 is 2.11 bits per heavy atom. The van der Waals surface area contributed by atoms with Crippen LogP contribution in [0.25, 0.3) is 0 Å². The van der Waals surface area contributed by atoms with E-state index in [-0.39, 0.29) is 10.6 Å². The van der Waals surface area contributed by atoms with Gasteiger partial charge in [-0.05, 0) is 29.8 Å². The van der Waals surface area contributed by atoms with E-state index in [2.05, 4.69) is 10.3 Å². The van der Waals surface area contributed by atoms with Gasteiger partial charge in [-0.1, -0.05) is 6.07 Å². The van der Waals surface area contributed by atoms with Gasteiger partial charge in [-0.2, -0.15) is 0 Å². The number of aromatic nitrogens is 1. The van der Waals surface area contributed by atoms with Crippen LogP contribution in [0.4, 0.5) is 10.1 Å². The summed E-state index contributed by atoms with van der Waals surface area (Å²) < 4.78 is 36.3. The van der Waals surface area contributed by atoms with Crippen LogP contribution in [-0.2, 0) is 16.4 Å². The molecule has 0 unspecified atom stereocenters. The van der Waals surface area contributed by atoms with Crippen LogP contribution in [0, 0.1) is 5.82 Å². The van der Waals surface area contributed by atoms with Crippen LogP contribution < -0.4 is 5.32 Å². The minimum absolute atomic E-state index is 0.0306. The van der Waals surface area contributed by atoms with Gasteiger partial charge in [0.25, 0.3) is 0 Å². The monoisotopic (exact) mass is 280 g/mol. The van der Waals surface area contributed by atoms with E-state index in [1.165, 1.54) is 12.1 Å². The first-order chi connectivity index (χ1) is 8.97. The molecule has 1 heterocycles. The maximum atomic E-state index is 13.7. The average molecular weight is 280 g/mol. The van der Waals surface area contributed by atoms with Gasteiger partial charge >= 0.3 is 0 Å². The lowest BCUT2D eigenvalue weighted by Gasteiger charge is -2.08. The summed E-state index contributed by atoms with van der Waals surface area (Å²) in [6.45, 7) is 0.420. The first-order valence-corrected chi connectivity index (χ1v) is 7.48. The Hall–Kier alpha value is -1.95. The third-order valence-electron chi connectivity index (χ3n) is 2.57. The van der Waals surface area contributed by atoms with Crippen LogP contribution in [0.1, 0.15) is 5.56 Å². The normalized spacial score (nSPS) is 11.3. The molecule has 1 aromatic heterocycles. The quantitative estimate of drug-likeness (QED) is 0.933. The highest BCUT2D eigenvalue weighted by molar-refractivity contribution is 7.90. The molecule has 0 fully saturated rings. The van der Waals surface area contributed by atoms with E-state index >= 15 is 0 Å². The van der Waals surface area contributed by atoms with Crippen molar-refractivity contribution in [2.45, 2.75) is 11.4 Å². The zero-order chi connectivity index (χ0) is 13.9.